The molecule has 2 atom stereocenters. The van der Waals surface area contributed by atoms with Gasteiger partial charge in [0.1, 0.15) is 5.75 Å². The van der Waals surface area contributed by atoms with Gasteiger partial charge in [-0.2, -0.15) is 0 Å². The quantitative estimate of drug-likeness (QED) is 0.833. The zero-order valence-corrected chi connectivity index (χ0v) is 14.2. The van der Waals surface area contributed by atoms with E-state index in [0.717, 1.165) is 23.5 Å². The van der Waals surface area contributed by atoms with Gasteiger partial charge >= 0.3 is 0 Å². The SMILES string of the molecule is CNCC(CC1CCCc2cc(OC)ccc21)C1CCCC1. The van der Waals surface area contributed by atoms with Gasteiger partial charge in [-0.3, -0.25) is 0 Å². The number of hydrogen-bond donors (Lipinski definition) is 1. The molecule has 2 aliphatic rings. The summed E-state index contributed by atoms with van der Waals surface area (Å²) in [6.07, 6.45) is 11.1. The minimum Gasteiger partial charge on any atom is -0.497 e. The van der Waals surface area contributed by atoms with Gasteiger partial charge in [0.05, 0.1) is 7.11 Å². The molecule has 2 heteroatoms. The second-order valence-electron chi connectivity index (χ2n) is 7.25. The van der Waals surface area contributed by atoms with Crippen molar-refractivity contribution in [2.45, 2.75) is 57.3 Å². The molecule has 122 valence electrons. The van der Waals surface area contributed by atoms with Crippen LogP contribution in [0.25, 0.3) is 0 Å². The van der Waals surface area contributed by atoms with Crippen LogP contribution in [0.3, 0.4) is 0 Å². The van der Waals surface area contributed by atoms with Gasteiger partial charge in [0.15, 0.2) is 0 Å². The minimum atomic E-state index is 0.758. The first-order chi connectivity index (χ1) is 10.8. The average Bonchev–Trinajstić information content (AvgIpc) is 3.08. The predicted octanol–water partition coefficient (Wildman–Crippen LogP) is 4.53. The van der Waals surface area contributed by atoms with Gasteiger partial charge in [-0.05, 0) is 80.3 Å². The van der Waals surface area contributed by atoms with Crippen molar-refractivity contribution in [1.29, 1.82) is 0 Å². The van der Waals surface area contributed by atoms with Crippen molar-refractivity contribution in [3.8, 4) is 5.75 Å². The Morgan fingerprint density at radius 1 is 1.18 bits per heavy atom. The fourth-order valence-corrected chi connectivity index (χ4v) is 4.76. The number of fused-ring (bicyclic) bond motifs is 1. The van der Waals surface area contributed by atoms with Gasteiger partial charge in [-0.1, -0.05) is 31.7 Å². The van der Waals surface area contributed by atoms with Crippen molar-refractivity contribution in [3.63, 3.8) is 0 Å². The molecule has 0 bridgehead atoms. The highest BCUT2D eigenvalue weighted by atomic mass is 16.5. The summed E-state index contributed by atoms with van der Waals surface area (Å²) in [6.45, 7) is 1.19. The lowest BCUT2D eigenvalue weighted by molar-refractivity contribution is 0.281. The molecule has 0 spiro atoms. The van der Waals surface area contributed by atoms with Crippen LogP contribution in [-0.4, -0.2) is 20.7 Å². The number of rotatable bonds is 6. The number of aryl methyl sites for hydroxylation is 1. The summed E-state index contributed by atoms with van der Waals surface area (Å²) in [6, 6.07) is 6.76. The molecule has 1 fully saturated rings. The lowest BCUT2D eigenvalue weighted by Crippen LogP contribution is -2.27. The first-order valence-corrected chi connectivity index (χ1v) is 9.13. The third kappa shape index (κ3) is 3.48. The fraction of sp³-hybridized carbons (Fsp3) is 0.700. The molecule has 0 radical (unpaired) electrons. The molecular formula is C20H31NO. The van der Waals surface area contributed by atoms with E-state index in [9.17, 15) is 0 Å². The van der Waals surface area contributed by atoms with Crippen LogP contribution in [0.1, 0.15) is 62.0 Å². The molecule has 1 N–H and O–H groups in total. The molecule has 0 aromatic heterocycles. The highest BCUT2D eigenvalue weighted by Crippen LogP contribution is 2.41. The molecular weight excluding hydrogens is 270 g/mol. The molecule has 0 amide bonds. The van der Waals surface area contributed by atoms with Gasteiger partial charge in [-0.25, -0.2) is 0 Å². The number of methoxy groups -OCH3 is 1. The summed E-state index contributed by atoms with van der Waals surface area (Å²) < 4.78 is 5.41. The lowest BCUT2D eigenvalue weighted by atomic mass is 9.75. The summed E-state index contributed by atoms with van der Waals surface area (Å²) in [7, 11) is 3.88. The van der Waals surface area contributed by atoms with Crippen molar-refractivity contribution in [1.82, 2.24) is 5.32 Å². The maximum absolute atomic E-state index is 5.41. The van der Waals surface area contributed by atoms with Crippen LogP contribution in [0.5, 0.6) is 5.75 Å². The van der Waals surface area contributed by atoms with Crippen LogP contribution < -0.4 is 10.1 Å². The Bertz CT molecular complexity index is 479. The molecule has 2 unspecified atom stereocenters. The largest absolute Gasteiger partial charge is 0.497 e. The summed E-state index contributed by atoms with van der Waals surface area (Å²) >= 11 is 0. The molecule has 3 rings (SSSR count). The van der Waals surface area contributed by atoms with Crippen molar-refractivity contribution >= 4 is 0 Å². The number of nitrogens with one attached hydrogen (secondary N) is 1. The van der Waals surface area contributed by atoms with Gasteiger partial charge < -0.3 is 10.1 Å². The van der Waals surface area contributed by atoms with E-state index >= 15 is 0 Å². The van der Waals surface area contributed by atoms with Crippen molar-refractivity contribution in [3.05, 3.63) is 29.3 Å². The van der Waals surface area contributed by atoms with Gasteiger partial charge in [0.2, 0.25) is 0 Å². The Balaban J connectivity index is 1.74. The summed E-state index contributed by atoms with van der Waals surface area (Å²) in [5.41, 5.74) is 3.14. The zero-order valence-electron chi connectivity index (χ0n) is 14.2. The van der Waals surface area contributed by atoms with E-state index in [2.05, 4.69) is 30.6 Å². The normalized spacial score (nSPS) is 23.3. The van der Waals surface area contributed by atoms with Crippen LogP contribution in [0.4, 0.5) is 0 Å². The van der Waals surface area contributed by atoms with E-state index < -0.39 is 0 Å². The van der Waals surface area contributed by atoms with Gasteiger partial charge in [-0.15, -0.1) is 0 Å². The standard InChI is InChI=1S/C20H31NO/c1-21-14-18(15-6-3-4-7-15)12-16-8-5-9-17-13-19(22-2)10-11-20(16)17/h10-11,13,15-16,18,21H,3-9,12,14H2,1-2H3. The number of ether oxygens (including phenoxy) is 1. The highest BCUT2D eigenvalue weighted by Gasteiger charge is 2.29. The molecule has 2 nitrogen and oxygen atoms in total. The Kier molecular flexibility index (Phi) is 5.41. The van der Waals surface area contributed by atoms with Gasteiger partial charge in [0.25, 0.3) is 0 Å². The molecule has 1 saturated carbocycles. The minimum absolute atomic E-state index is 0.758. The lowest BCUT2D eigenvalue weighted by Gasteiger charge is -2.32. The van der Waals surface area contributed by atoms with E-state index in [1.54, 1.807) is 12.7 Å². The second kappa shape index (κ2) is 7.50. The van der Waals surface area contributed by atoms with Crippen molar-refractivity contribution in [2.75, 3.05) is 20.7 Å². The second-order valence-corrected chi connectivity index (χ2v) is 7.25. The third-order valence-electron chi connectivity index (χ3n) is 5.91. The van der Waals surface area contributed by atoms with E-state index in [1.165, 1.54) is 63.5 Å². The molecule has 0 heterocycles. The maximum Gasteiger partial charge on any atom is 0.119 e. The van der Waals surface area contributed by atoms with E-state index in [0.29, 0.717) is 0 Å². The van der Waals surface area contributed by atoms with Crippen LogP contribution in [0.2, 0.25) is 0 Å². The Morgan fingerprint density at radius 3 is 2.73 bits per heavy atom. The monoisotopic (exact) mass is 301 g/mol. The van der Waals surface area contributed by atoms with E-state index in [-0.39, 0.29) is 0 Å². The summed E-state index contributed by atoms with van der Waals surface area (Å²) in [5.74, 6) is 3.58. The maximum atomic E-state index is 5.41. The van der Waals surface area contributed by atoms with E-state index in [1.807, 2.05) is 0 Å². The van der Waals surface area contributed by atoms with E-state index in [4.69, 9.17) is 4.74 Å². The number of hydrogen-bond acceptors (Lipinski definition) is 2. The average molecular weight is 301 g/mol. The summed E-state index contributed by atoms with van der Waals surface area (Å²) in [5, 5.41) is 3.46. The Morgan fingerprint density at radius 2 is 2.00 bits per heavy atom. The predicted molar refractivity (Wildman–Crippen MR) is 92.7 cm³/mol. The molecule has 1 aromatic rings. The molecule has 22 heavy (non-hydrogen) atoms. The van der Waals surface area contributed by atoms with Crippen LogP contribution in [0, 0.1) is 11.8 Å². The third-order valence-corrected chi connectivity index (χ3v) is 5.91. The molecule has 1 aromatic carbocycles. The topological polar surface area (TPSA) is 21.3 Å². The smallest absolute Gasteiger partial charge is 0.119 e. The zero-order chi connectivity index (χ0) is 15.4. The number of benzene rings is 1. The summed E-state index contributed by atoms with van der Waals surface area (Å²) in [4.78, 5) is 0. The van der Waals surface area contributed by atoms with Gasteiger partial charge in [0, 0.05) is 0 Å². The highest BCUT2D eigenvalue weighted by molar-refractivity contribution is 5.39. The Hall–Kier alpha value is -1.02. The van der Waals surface area contributed by atoms with Crippen molar-refractivity contribution < 1.29 is 4.74 Å². The molecule has 0 aliphatic heterocycles. The van der Waals surface area contributed by atoms with Crippen LogP contribution in [-0.2, 0) is 6.42 Å². The van der Waals surface area contributed by atoms with Crippen molar-refractivity contribution in [2.24, 2.45) is 11.8 Å². The fourth-order valence-electron chi connectivity index (χ4n) is 4.76. The Labute approximate surface area is 135 Å². The first kappa shape index (κ1) is 15.9. The molecule has 0 saturated heterocycles. The first-order valence-electron chi connectivity index (χ1n) is 9.13. The molecule has 2 aliphatic carbocycles. The van der Waals surface area contributed by atoms with Crippen LogP contribution in [0.15, 0.2) is 18.2 Å². The van der Waals surface area contributed by atoms with Crippen LogP contribution >= 0.6 is 0 Å².